The summed E-state index contributed by atoms with van der Waals surface area (Å²) in [6.45, 7) is 0. The fourth-order valence-corrected chi connectivity index (χ4v) is 3.31. The number of methoxy groups -OCH3 is 1. The molecule has 1 unspecified atom stereocenters. The highest BCUT2D eigenvalue weighted by Gasteiger charge is 2.20. The van der Waals surface area contributed by atoms with Crippen molar-refractivity contribution in [2.24, 2.45) is 5.92 Å². The number of aromatic nitrogens is 1. The van der Waals surface area contributed by atoms with Crippen LogP contribution in [0.1, 0.15) is 37.1 Å². The van der Waals surface area contributed by atoms with E-state index in [9.17, 15) is 9.59 Å². The van der Waals surface area contributed by atoms with Crippen LogP contribution in [0.4, 0.5) is 0 Å². The zero-order valence-electron chi connectivity index (χ0n) is 15.1. The number of allylic oxidation sites excluding steroid dienone is 8. The third-order valence-electron chi connectivity index (χ3n) is 4.12. The number of carbonyl (C=O) groups is 2. The Kier molecular flexibility index (Phi) is 8.76. The van der Waals surface area contributed by atoms with Crippen LogP contribution in [-0.2, 0) is 20.7 Å². The summed E-state index contributed by atoms with van der Waals surface area (Å²) in [6, 6.07) is 0. The van der Waals surface area contributed by atoms with E-state index >= 15 is 0 Å². The third-order valence-corrected chi connectivity index (χ3v) is 4.96. The smallest absolute Gasteiger partial charge is 0.305 e. The Hall–Kier alpha value is -2.27. The quantitative estimate of drug-likeness (QED) is 0.261. The van der Waals surface area contributed by atoms with Gasteiger partial charge in [0.2, 0.25) is 0 Å². The Morgan fingerprint density at radius 1 is 1.31 bits per heavy atom. The molecule has 0 aliphatic heterocycles. The van der Waals surface area contributed by atoms with Crippen LogP contribution in [0.2, 0.25) is 0 Å². The molecule has 26 heavy (non-hydrogen) atoms. The highest BCUT2D eigenvalue weighted by molar-refractivity contribution is 7.09. The summed E-state index contributed by atoms with van der Waals surface area (Å²) in [6.07, 6.45) is 20.3. The number of ether oxygens (including phenoxy) is 1. The molecule has 0 bridgehead atoms. The van der Waals surface area contributed by atoms with E-state index < -0.39 is 0 Å². The zero-order valence-corrected chi connectivity index (χ0v) is 15.9. The van der Waals surface area contributed by atoms with Crippen molar-refractivity contribution in [2.45, 2.75) is 38.5 Å². The monoisotopic (exact) mass is 371 g/mol. The SMILES string of the molecule is COC(=O)CCC/C=C\CC1C=CC(=O)/C1=C/C=C/CCc1nccs1. The van der Waals surface area contributed by atoms with E-state index in [4.69, 9.17) is 0 Å². The fourth-order valence-electron chi connectivity index (χ4n) is 2.68. The van der Waals surface area contributed by atoms with E-state index in [-0.39, 0.29) is 17.7 Å². The molecular weight excluding hydrogens is 346 g/mol. The lowest BCUT2D eigenvalue weighted by Crippen LogP contribution is -2.01. The summed E-state index contributed by atoms with van der Waals surface area (Å²) >= 11 is 1.67. The first-order chi connectivity index (χ1) is 12.7. The first kappa shape index (κ1) is 20.0. The van der Waals surface area contributed by atoms with Gasteiger partial charge in [0, 0.05) is 35.9 Å². The molecule has 0 N–H and O–H groups in total. The van der Waals surface area contributed by atoms with Crippen molar-refractivity contribution in [3.63, 3.8) is 0 Å². The van der Waals surface area contributed by atoms with Crippen molar-refractivity contribution in [3.05, 3.63) is 64.7 Å². The average molecular weight is 372 g/mol. The number of aryl methyl sites for hydroxylation is 1. The summed E-state index contributed by atoms with van der Waals surface area (Å²) in [7, 11) is 1.41. The minimum absolute atomic E-state index is 0.0960. The summed E-state index contributed by atoms with van der Waals surface area (Å²) in [4.78, 5) is 27.3. The maximum atomic E-state index is 12.0. The third kappa shape index (κ3) is 6.92. The van der Waals surface area contributed by atoms with Crippen LogP contribution in [0.3, 0.4) is 0 Å². The van der Waals surface area contributed by atoms with E-state index in [2.05, 4.69) is 27.9 Å². The Morgan fingerprint density at radius 3 is 2.96 bits per heavy atom. The summed E-state index contributed by atoms with van der Waals surface area (Å²) in [5.74, 6) is 0.0659. The van der Waals surface area contributed by atoms with Gasteiger partial charge in [0.1, 0.15) is 0 Å². The van der Waals surface area contributed by atoms with Crippen molar-refractivity contribution in [1.82, 2.24) is 4.98 Å². The average Bonchev–Trinajstić information content (AvgIpc) is 3.28. The van der Waals surface area contributed by atoms with E-state index in [1.807, 2.05) is 29.8 Å². The van der Waals surface area contributed by atoms with Crippen molar-refractivity contribution in [1.29, 1.82) is 0 Å². The lowest BCUT2D eigenvalue weighted by molar-refractivity contribution is -0.140. The molecule has 0 fully saturated rings. The first-order valence-corrected chi connectivity index (χ1v) is 9.78. The van der Waals surface area contributed by atoms with Gasteiger partial charge in [-0.15, -0.1) is 11.3 Å². The van der Waals surface area contributed by atoms with Gasteiger partial charge in [-0.1, -0.05) is 36.5 Å². The van der Waals surface area contributed by atoms with Gasteiger partial charge in [-0.3, -0.25) is 9.59 Å². The van der Waals surface area contributed by atoms with Crippen LogP contribution in [0, 0.1) is 5.92 Å². The van der Waals surface area contributed by atoms with Gasteiger partial charge in [-0.2, -0.15) is 0 Å². The molecule has 2 rings (SSSR count). The molecule has 1 aromatic heterocycles. The molecule has 1 aromatic rings. The standard InChI is InChI=1S/C21H25NO3S/c1-25-21(24)12-8-3-2-5-9-17-13-14-19(23)18(17)10-6-4-7-11-20-22-15-16-26-20/h2,4-6,10,13-17H,3,7-9,11-12H2,1H3/b5-2-,6-4+,18-10+. The fraction of sp³-hybridized carbons (Fsp3) is 0.381. The molecule has 0 saturated heterocycles. The molecule has 4 nitrogen and oxygen atoms in total. The summed E-state index contributed by atoms with van der Waals surface area (Å²) in [5, 5.41) is 3.12. The summed E-state index contributed by atoms with van der Waals surface area (Å²) < 4.78 is 4.61. The van der Waals surface area contributed by atoms with Gasteiger partial charge in [-0.05, 0) is 31.8 Å². The van der Waals surface area contributed by atoms with Crippen LogP contribution in [0.15, 0.2) is 59.7 Å². The highest BCUT2D eigenvalue weighted by Crippen LogP contribution is 2.25. The number of rotatable bonds is 10. The molecule has 1 heterocycles. The van der Waals surface area contributed by atoms with Crippen molar-refractivity contribution in [3.8, 4) is 0 Å². The van der Waals surface area contributed by atoms with Gasteiger partial charge in [0.05, 0.1) is 12.1 Å². The highest BCUT2D eigenvalue weighted by atomic mass is 32.1. The maximum absolute atomic E-state index is 12.0. The normalized spacial score (nSPS) is 18.6. The molecule has 1 aliphatic rings. The maximum Gasteiger partial charge on any atom is 0.305 e. The Balaban J connectivity index is 1.74. The van der Waals surface area contributed by atoms with Crippen molar-refractivity contribution < 1.29 is 14.3 Å². The predicted molar refractivity (Wildman–Crippen MR) is 105 cm³/mol. The Morgan fingerprint density at radius 2 is 2.19 bits per heavy atom. The van der Waals surface area contributed by atoms with Gasteiger partial charge in [0.15, 0.2) is 5.78 Å². The number of thiazole rings is 1. The van der Waals surface area contributed by atoms with Gasteiger partial charge >= 0.3 is 5.97 Å². The number of hydrogen-bond donors (Lipinski definition) is 0. The van der Waals surface area contributed by atoms with E-state index in [0.29, 0.717) is 6.42 Å². The van der Waals surface area contributed by atoms with E-state index in [1.54, 1.807) is 17.4 Å². The number of carbonyl (C=O) groups excluding carboxylic acids is 2. The van der Waals surface area contributed by atoms with Crippen LogP contribution in [0.5, 0.6) is 0 Å². The largest absolute Gasteiger partial charge is 0.469 e. The molecule has 0 amide bonds. The molecule has 1 aliphatic carbocycles. The van der Waals surface area contributed by atoms with Crippen molar-refractivity contribution in [2.75, 3.05) is 7.11 Å². The second-order valence-corrected chi connectivity index (χ2v) is 7.00. The number of unbranched alkanes of at least 4 members (excludes halogenated alkanes) is 1. The van der Waals surface area contributed by atoms with Crippen LogP contribution in [0.25, 0.3) is 0 Å². The molecular formula is C21H25NO3S. The molecule has 0 radical (unpaired) electrons. The number of nitrogens with zero attached hydrogens (tertiary/aromatic N) is 1. The minimum Gasteiger partial charge on any atom is -0.469 e. The number of esters is 1. The number of ketones is 1. The van der Waals surface area contributed by atoms with Gasteiger partial charge < -0.3 is 4.74 Å². The van der Waals surface area contributed by atoms with E-state index in [1.165, 1.54) is 7.11 Å². The Bertz CT molecular complexity index is 699. The second-order valence-electron chi connectivity index (χ2n) is 6.02. The van der Waals surface area contributed by atoms with Gasteiger partial charge in [-0.25, -0.2) is 4.98 Å². The van der Waals surface area contributed by atoms with E-state index in [0.717, 1.165) is 42.7 Å². The number of hydrogen-bond acceptors (Lipinski definition) is 5. The second kappa shape index (κ2) is 11.4. The van der Waals surface area contributed by atoms with Crippen LogP contribution in [-0.4, -0.2) is 23.8 Å². The van der Waals surface area contributed by atoms with Crippen LogP contribution < -0.4 is 0 Å². The predicted octanol–water partition coefficient (Wildman–Crippen LogP) is 4.60. The minimum atomic E-state index is -0.172. The lowest BCUT2D eigenvalue weighted by atomic mass is 9.97. The first-order valence-electron chi connectivity index (χ1n) is 8.90. The summed E-state index contributed by atoms with van der Waals surface area (Å²) in [5.41, 5.74) is 0.842. The molecule has 138 valence electrons. The molecule has 5 heteroatoms. The van der Waals surface area contributed by atoms with Gasteiger partial charge in [0.25, 0.3) is 0 Å². The topological polar surface area (TPSA) is 56.3 Å². The Labute approximate surface area is 159 Å². The molecule has 1 atom stereocenters. The molecule has 0 spiro atoms. The molecule has 0 aromatic carbocycles. The molecule has 0 saturated carbocycles. The van der Waals surface area contributed by atoms with Crippen molar-refractivity contribution >= 4 is 23.1 Å². The zero-order chi connectivity index (χ0) is 18.6. The van der Waals surface area contributed by atoms with Crippen LogP contribution >= 0.6 is 11.3 Å². The lowest BCUT2D eigenvalue weighted by Gasteiger charge is -2.06.